The molecule has 0 bridgehead atoms. The van der Waals surface area contributed by atoms with Gasteiger partial charge in [0.25, 0.3) is 0 Å². The van der Waals surface area contributed by atoms with Crippen molar-refractivity contribution in [3.63, 3.8) is 0 Å². The Morgan fingerprint density at radius 2 is 0.317 bits per heavy atom. The SMILES string of the molecule is [O-]C1C(c2c(O)cc(N(c3ccccc3)c3ccccc3)cc2O)C([O-])C1c1c(O)cc(N(c2ccccc2)c2ccccc2)cc1O.[O-]C1C(c2c(O)cc(N(c3ccccc3-c3ccccc3)c3ccccc3-c3ccccc3)cc2O)C([O-])C1c1c(O)cc(N(c2ccccc2-c2ccccc2)c2ccccc2-c2ccccc2)cc1O. The van der Waals surface area contributed by atoms with Crippen LogP contribution in [0, 0.1) is 0 Å². The molecule has 18 rings (SSSR count). The van der Waals surface area contributed by atoms with Crippen LogP contribution in [0.1, 0.15) is 45.9 Å². The van der Waals surface area contributed by atoms with Crippen molar-refractivity contribution in [1.29, 1.82) is 0 Å². The van der Waals surface area contributed by atoms with Gasteiger partial charge in [-0.15, -0.1) is 24.4 Å². The summed E-state index contributed by atoms with van der Waals surface area (Å²) in [5.74, 6) is -8.71. The van der Waals surface area contributed by atoms with E-state index >= 15 is 0 Å². The summed E-state index contributed by atoms with van der Waals surface area (Å²) in [4.78, 5) is 7.58. The highest BCUT2D eigenvalue weighted by Gasteiger charge is 2.46. The number of phenols is 8. The van der Waals surface area contributed by atoms with Gasteiger partial charge in [-0.3, -0.25) is 0 Å². The first-order valence-corrected chi connectivity index (χ1v) is 39.4. The van der Waals surface area contributed by atoms with E-state index in [0.717, 1.165) is 90.0 Å². The van der Waals surface area contributed by atoms with Gasteiger partial charge >= 0.3 is 0 Å². The molecule has 0 amide bonds. The lowest BCUT2D eigenvalue weighted by atomic mass is 9.62. The molecule has 0 unspecified atom stereocenters. The lowest BCUT2D eigenvalue weighted by molar-refractivity contribution is -0.537. The molecule has 16 aromatic rings. The first-order chi connectivity index (χ1) is 58.6. The van der Waals surface area contributed by atoms with E-state index in [-0.39, 0.29) is 22.3 Å². The second kappa shape index (κ2) is 33.7. The third-order valence-electron chi connectivity index (χ3n) is 22.7. The van der Waals surface area contributed by atoms with Crippen LogP contribution in [-0.4, -0.2) is 65.3 Å². The van der Waals surface area contributed by atoms with Gasteiger partial charge in [0.05, 0.1) is 45.5 Å². The van der Waals surface area contributed by atoms with Crippen molar-refractivity contribution in [3.05, 3.63) is 411 Å². The van der Waals surface area contributed by atoms with Crippen molar-refractivity contribution >= 4 is 68.2 Å². The zero-order valence-corrected chi connectivity index (χ0v) is 64.6. The van der Waals surface area contributed by atoms with E-state index < -0.39 is 94.1 Å². The minimum atomic E-state index is -1.75. The normalized spacial score (nSPS) is 17.1. The van der Waals surface area contributed by atoms with Crippen LogP contribution in [0.15, 0.2) is 388 Å². The smallest absolute Gasteiger partial charge is 0.124 e. The van der Waals surface area contributed by atoms with Crippen molar-refractivity contribution in [2.24, 2.45) is 0 Å². The van der Waals surface area contributed by atoms with E-state index in [4.69, 9.17) is 0 Å². The van der Waals surface area contributed by atoms with Gasteiger partial charge in [-0.2, -0.15) is 0 Å². The predicted molar refractivity (Wildman–Crippen MR) is 466 cm³/mol. The molecule has 16 nitrogen and oxygen atoms in total. The molecule has 0 heterocycles. The molecule has 8 N–H and O–H groups in total. The maximum Gasteiger partial charge on any atom is 0.124 e. The van der Waals surface area contributed by atoms with Gasteiger partial charge < -0.3 is 80.9 Å². The van der Waals surface area contributed by atoms with Crippen molar-refractivity contribution in [1.82, 2.24) is 0 Å². The fourth-order valence-electron chi connectivity index (χ4n) is 17.1. The highest BCUT2D eigenvalue weighted by Crippen LogP contribution is 2.60. The molecule has 2 aliphatic carbocycles. The molecular weight excluding hydrogens is 1500 g/mol. The van der Waals surface area contributed by atoms with Crippen LogP contribution in [0.25, 0.3) is 44.5 Å². The molecule has 2 saturated carbocycles. The minimum absolute atomic E-state index is 0.147. The van der Waals surface area contributed by atoms with Gasteiger partial charge in [-0.05, 0) is 119 Å². The lowest BCUT2D eigenvalue weighted by Crippen LogP contribution is -2.63. The van der Waals surface area contributed by atoms with Crippen molar-refractivity contribution in [2.75, 3.05) is 19.6 Å². The van der Waals surface area contributed by atoms with E-state index in [2.05, 4.69) is 0 Å². The van der Waals surface area contributed by atoms with Gasteiger partial charge in [0.15, 0.2) is 0 Å². The summed E-state index contributed by atoms with van der Waals surface area (Å²) < 4.78 is 0. The fourth-order valence-corrected chi connectivity index (χ4v) is 17.1. The number of para-hydroxylation sites is 8. The molecule has 0 radical (unpaired) electrons. The Bertz CT molecular complexity index is 5560. The molecule has 120 heavy (non-hydrogen) atoms. The Hall–Kier alpha value is -15.0. The van der Waals surface area contributed by atoms with Gasteiger partial charge in [0.2, 0.25) is 0 Å². The zero-order valence-electron chi connectivity index (χ0n) is 64.6. The molecule has 0 aliphatic heterocycles. The van der Waals surface area contributed by atoms with Gasteiger partial charge in [0, 0.05) is 116 Å². The van der Waals surface area contributed by atoms with E-state index in [1.165, 1.54) is 48.5 Å². The summed E-state index contributed by atoms with van der Waals surface area (Å²) in [6, 6.07) is 120. The Labute approximate surface area is 694 Å². The maximum absolute atomic E-state index is 14.5. The van der Waals surface area contributed by atoms with Crippen LogP contribution < -0.4 is 40.0 Å². The summed E-state index contributed by atoms with van der Waals surface area (Å²) in [7, 11) is 0. The molecule has 16 aromatic carbocycles. The van der Waals surface area contributed by atoms with Crippen LogP contribution in [0.5, 0.6) is 46.0 Å². The van der Waals surface area contributed by atoms with Crippen LogP contribution in [0.3, 0.4) is 0 Å². The molecule has 2 aliphatic rings. The Morgan fingerprint density at radius 1 is 0.167 bits per heavy atom. The van der Waals surface area contributed by atoms with Crippen LogP contribution in [-0.2, 0) is 0 Å². The number of aromatic hydroxyl groups is 8. The molecule has 0 saturated heterocycles. The number of benzene rings is 16. The monoisotopic (exact) mass is 1580 g/mol. The lowest BCUT2D eigenvalue weighted by Gasteiger charge is -2.61. The number of anilines is 12. The van der Waals surface area contributed by atoms with Crippen molar-refractivity contribution in [2.45, 2.75) is 48.1 Å². The van der Waals surface area contributed by atoms with E-state index in [1.807, 2.05) is 359 Å². The summed E-state index contributed by atoms with van der Waals surface area (Å²) in [6.45, 7) is 0. The fraction of sp³-hybridized carbons (Fsp3) is 0.0769. The number of phenolic OH excluding ortho intramolecular Hbond substituents is 8. The van der Waals surface area contributed by atoms with E-state index in [0.29, 0.717) is 22.7 Å². The third kappa shape index (κ3) is 14.8. The molecular formula is C104H80N4O12-4. The van der Waals surface area contributed by atoms with Crippen molar-refractivity contribution in [3.8, 4) is 90.5 Å². The molecule has 2 fully saturated rings. The topological polar surface area (TPSA) is 267 Å². The molecule has 592 valence electrons. The van der Waals surface area contributed by atoms with Gasteiger partial charge in [-0.1, -0.05) is 267 Å². The highest BCUT2D eigenvalue weighted by atomic mass is 16.3. The standard InChI is InChI=1S/C64H48N2O6.C40H32N2O6/c67-55-37-45(65(51-33-17-13-29-47(51)41-21-5-1-6-22-41)52-34-18-14-30-48(52)42-23-7-2-8-24-42)38-56(68)59(55)61-63(71)62(64(61)72)60-57(69)39-46(40-58(60)70)66(53-35-19-15-31-49(53)43-25-9-3-10-26-43)54-36-20-16-32-50(54)44-27-11-4-12-28-44;43-31-21-29(41(25-13-5-1-6-14-25)26-15-7-2-8-16-26)22-32(44)35(31)37-39(47)38(40(37)48)36-33(45)23-30(24-34(36)46)42(27-17-9-3-10-18-27)28-19-11-4-12-20-28/h1-40,61-64,67-70H;1-24,37-40,43-46H/q2*-2. The minimum Gasteiger partial charge on any atom is -0.851 e. The zero-order chi connectivity index (χ0) is 82.7. The summed E-state index contributed by atoms with van der Waals surface area (Å²) in [5.41, 5.74) is 14.4. The first-order valence-electron chi connectivity index (χ1n) is 39.4. The van der Waals surface area contributed by atoms with E-state index in [9.17, 15) is 61.3 Å². The highest BCUT2D eigenvalue weighted by molar-refractivity contribution is 5.96. The summed E-state index contributed by atoms with van der Waals surface area (Å²) >= 11 is 0. The Morgan fingerprint density at radius 3 is 0.500 bits per heavy atom. The summed E-state index contributed by atoms with van der Waals surface area (Å²) in [6.07, 6.45) is -6.81. The number of rotatable bonds is 20. The third-order valence-corrected chi connectivity index (χ3v) is 22.7. The van der Waals surface area contributed by atoms with Crippen molar-refractivity contribution < 1.29 is 61.3 Å². The molecule has 0 atom stereocenters. The number of hydrogen-bond donors (Lipinski definition) is 8. The van der Waals surface area contributed by atoms with Crippen LogP contribution >= 0.6 is 0 Å². The Balaban J connectivity index is 0.000000186. The number of hydrogen-bond acceptors (Lipinski definition) is 16. The van der Waals surface area contributed by atoms with Gasteiger partial charge in [-0.25, -0.2) is 0 Å². The molecule has 0 spiro atoms. The second-order valence-corrected chi connectivity index (χ2v) is 29.8. The van der Waals surface area contributed by atoms with Crippen LogP contribution in [0.4, 0.5) is 68.2 Å². The average molecular weight is 1580 g/mol. The molecule has 0 aromatic heterocycles. The van der Waals surface area contributed by atoms with Gasteiger partial charge in [0.1, 0.15) is 46.0 Å². The first kappa shape index (κ1) is 77.5. The van der Waals surface area contributed by atoms with E-state index in [1.54, 1.807) is 0 Å². The quantitative estimate of drug-likeness (QED) is 0.0352. The Kier molecular flexibility index (Phi) is 21.7. The maximum atomic E-state index is 14.5. The molecule has 16 heteroatoms. The van der Waals surface area contributed by atoms with Crippen LogP contribution in [0.2, 0.25) is 0 Å². The summed E-state index contributed by atoms with van der Waals surface area (Å²) in [5, 5.41) is 149. The number of nitrogens with zero attached hydrogens (tertiary/aromatic N) is 4. The average Bonchev–Trinajstić information content (AvgIpc) is 0.725. The second-order valence-electron chi connectivity index (χ2n) is 29.8. The predicted octanol–water partition coefficient (Wildman–Crippen LogP) is 20.2. The largest absolute Gasteiger partial charge is 0.851 e.